The van der Waals surface area contributed by atoms with Crippen LogP contribution >= 0.6 is 0 Å². The number of piperidine rings is 1. The van der Waals surface area contributed by atoms with E-state index in [4.69, 9.17) is 0 Å². The van der Waals surface area contributed by atoms with Gasteiger partial charge in [0.05, 0.1) is 6.04 Å². The topological polar surface area (TPSA) is 44.4 Å². The monoisotopic (exact) mass is 227 g/mol. The van der Waals surface area contributed by atoms with Crippen LogP contribution in [0.1, 0.15) is 32.6 Å². The third-order valence-electron chi connectivity index (χ3n) is 3.23. The summed E-state index contributed by atoms with van der Waals surface area (Å²) in [6.45, 7) is 6.26. The Balaban J connectivity index is 2.00. The molecule has 1 atom stereocenters. The van der Waals surface area contributed by atoms with Gasteiger partial charge in [0, 0.05) is 6.54 Å². The molecule has 1 amide bonds. The van der Waals surface area contributed by atoms with Crippen molar-refractivity contribution in [2.45, 2.75) is 38.6 Å². The van der Waals surface area contributed by atoms with Gasteiger partial charge in [-0.1, -0.05) is 6.42 Å². The molecule has 0 aliphatic carbocycles. The number of hydrogen-bond donors (Lipinski definition) is 2. The molecule has 1 heterocycles. The Morgan fingerprint density at radius 2 is 2.00 bits per heavy atom. The minimum atomic E-state index is -0.0880. The lowest BCUT2D eigenvalue weighted by atomic mass is 10.1. The van der Waals surface area contributed by atoms with Crippen molar-refractivity contribution in [2.24, 2.45) is 0 Å². The molecule has 0 saturated carbocycles. The van der Waals surface area contributed by atoms with Crippen LogP contribution in [0.5, 0.6) is 0 Å². The first-order chi connectivity index (χ1) is 7.74. The maximum atomic E-state index is 11.4. The second-order valence-electron chi connectivity index (χ2n) is 4.56. The fourth-order valence-corrected chi connectivity index (χ4v) is 1.98. The van der Waals surface area contributed by atoms with E-state index >= 15 is 0 Å². The second kappa shape index (κ2) is 7.63. The van der Waals surface area contributed by atoms with E-state index in [1.54, 1.807) is 7.05 Å². The lowest BCUT2D eigenvalue weighted by Crippen LogP contribution is -2.41. The lowest BCUT2D eigenvalue weighted by molar-refractivity contribution is -0.122. The summed E-state index contributed by atoms with van der Waals surface area (Å²) in [5.74, 6) is 0.0983. The number of hydrogen-bond acceptors (Lipinski definition) is 3. The van der Waals surface area contributed by atoms with Gasteiger partial charge >= 0.3 is 0 Å². The normalized spacial score (nSPS) is 19.4. The molecule has 1 aliphatic rings. The Morgan fingerprint density at radius 3 is 2.62 bits per heavy atom. The highest BCUT2D eigenvalue weighted by Crippen LogP contribution is 2.08. The number of carbonyl (C=O) groups is 1. The zero-order valence-corrected chi connectivity index (χ0v) is 10.6. The zero-order chi connectivity index (χ0) is 11.8. The molecule has 0 spiro atoms. The molecule has 4 heteroatoms. The number of rotatable bonds is 6. The maximum absolute atomic E-state index is 11.4. The summed E-state index contributed by atoms with van der Waals surface area (Å²) in [6.07, 6.45) is 5.11. The quantitative estimate of drug-likeness (QED) is 0.653. The molecule has 1 fully saturated rings. The van der Waals surface area contributed by atoms with Crippen LogP contribution in [0.3, 0.4) is 0 Å². The Bertz CT molecular complexity index is 202. The first kappa shape index (κ1) is 13.5. The Labute approximate surface area is 98.8 Å². The van der Waals surface area contributed by atoms with Crippen molar-refractivity contribution in [3.63, 3.8) is 0 Å². The van der Waals surface area contributed by atoms with Crippen molar-refractivity contribution in [1.82, 2.24) is 15.5 Å². The molecule has 4 nitrogen and oxygen atoms in total. The van der Waals surface area contributed by atoms with Crippen LogP contribution in [-0.4, -0.2) is 50.1 Å². The molecule has 94 valence electrons. The van der Waals surface area contributed by atoms with Crippen LogP contribution in [-0.2, 0) is 4.79 Å². The van der Waals surface area contributed by atoms with Gasteiger partial charge in [-0.2, -0.15) is 0 Å². The SMILES string of the molecule is CNC(C)C(=O)NCCCN1CCCCC1. The molecule has 0 radical (unpaired) electrons. The molecule has 16 heavy (non-hydrogen) atoms. The number of likely N-dealkylation sites (N-methyl/N-ethyl adjacent to an activating group) is 1. The largest absolute Gasteiger partial charge is 0.355 e. The number of amides is 1. The van der Waals surface area contributed by atoms with Crippen LogP contribution in [0, 0.1) is 0 Å². The average molecular weight is 227 g/mol. The van der Waals surface area contributed by atoms with Gasteiger partial charge in [0.25, 0.3) is 0 Å². The summed E-state index contributed by atoms with van der Waals surface area (Å²) < 4.78 is 0. The van der Waals surface area contributed by atoms with Crippen LogP contribution < -0.4 is 10.6 Å². The van der Waals surface area contributed by atoms with Gasteiger partial charge in [0.15, 0.2) is 0 Å². The van der Waals surface area contributed by atoms with Gasteiger partial charge in [-0.15, -0.1) is 0 Å². The summed E-state index contributed by atoms with van der Waals surface area (Å²) in [5.41, 5.74) is 0. The molecule has 0 aromatic heterocycles. The van der Waals surface area contributed by atoms with Crippen LogP contribution in [0.2, 0.25) is 0 Å². The smallest absolute Gasteiger partial charge is 0.236 e. The standard InChI is InChI=1S/C12H25N3O/c1-11(13-2)12(16)14-7-6-10-15-8-4-3-5-9-15/h11,13H,3-10H2,1-2H3,(H,14,16). The van der Waals surface area contributed by atoms with Crippen LogP contribution in [0.25, 0.3) is 0 Å². The fraction of sp³-hybridized carbons (Fsp3) is 0.917. The van der Waals surface area contributed by atoms with Gasteiger partial charge in [0.2, 0.25) is 5.91 Å². The summed E-state index contributed by atoms with van der Waals surface area (Å²) in [7, 11) is 1.80. The first-order valence-corrected chi connectivity index (χ1v) is 6.41. The molecule has 2 N–H and O–H groups in total. The number of carbonyl (C=O) groups excluding carboxylic acids is 1. The van der Waals surface area contributed by atoms with E-state index in [1.807, 2.05) is 6.92 Å². The number of likely N-dealkylation sites (tertiary alicyclic amines) is 1. The average Bonchev–Trinajstić information content (AvgIpc) is 2.34. The Hall–Kier alpha value is -0.610. The highest BCUT2D eigenvalue weighted by atomic mass is 16.2. The van der Waals surface area contributed by atoms with E-state index in [1.165, 1.54) is 32.4 Å². The van der Waals surface area contributed by atoms with E-state index in [-0.39, 0.29) is 11.9 Å². The van der Waals surface area contributed by atoms with E-state index in [0.717, 1.165) is 19.5 Å². The summed E-state index contributed by atoms with van der Waals surface area (Å²) in [5, 5.41) is 5.88. The van der Waals surface area contributed by atoms with Crippen molar-refractivity contribution in [2.75, 3.05) is 33.2 Å². The molecule has 1 saturated heterocycles. The second-order valence-corrected chi connectivity index (χ2v) is 4.56. The number of nitrogens with one attached hydrogen (secondary N) is 2. The van der Waals surface area contributed by atoms with Crippen LogP contribution in [0.15, 0.2) is 0 Å². The van der Waals surface area contributed by atoms with Gasteiger partial charge in [-0.05, 0) is 52.9 Å². The highest BCUT2D eigenvalue weighted by Gasteiger charge is 2.11. The number of nitrogens with zero attached hydrogens (tertiary/aromatic N) is 1. The molecule has 0 aromatic carbocycles. The summed E-state index contributed by atoms with van der Waals surface area (Å²) in [4.78, 5) is 13.9. The van der Waals surface area contributed by atoms with Crippen molar-refractivity contribution in [3.05, 3.63) is 0 Å². The van der Waals surface area contributed by atoms with Gasteiger partial charge < -0.3 is 15.5 Å². The highest BCUT2D eigenvalue weighted by molar-refractivity contribution is 5.81. The van der Waals surface area contributed by atoms with E-state index in [0.29, 0.717) is 0 Å². The van der Waals surface area contributed by atoms with Gasteiger partial charge in [-0.3, -0.25) is 4.79 Å². The van der Waals surface area contributed by atoms with Crippen molar-refractivity contribution >= 4 is 5.91 Å². The molecule has 1 rings (SSSR count). The first-order valence-electron chi connectivity index (χ1n) is 6.41. The zero-order valence-electron chi connectivity index (χ0n) is 10.6. The minimum Gasteiger partial charge on any atom is -0.355 e. The molecule has 1 unspecified atom stereocenters. The molecular weight excluding hydrogens is 202 g/mol. The lowest BCUT2D eigenvalue weighted by Gasteiger charge is -2.26. The van der Waals surface area contributed by atoms with E-state index in [9.17, 15) is 4.79 Å². The fourth-order valence-electron chi connectivity index (χ4n) is 1.98. The van der Waals surface area contributed by atoms with Gasteiger partial charge in [0.1, 0.15) is 0 Å². The molecule has 1 aliphatic heterocycles. The summed E-state index contributed by atoms with van der Waals surface area (Å²) >= 11 is 0. The molecular formula is C12H25N3O. The summed E-state index contributed by atoms with van der Waals surface area (Å²) in [6, 6.07) is -0.0880. The third kappa shape index (κ3) is 4.94. The van der Waals surface area contributed by atoms with Gasteiger partial charge in [-0.25, -0.2) is 0 Å². The predicted molar refractivity (Wildman–Crippen MR) is 66.4 cm³/mol. The third-order valence-corrected chi connectivity index (χ3v) is 3.23. The molecule has 0 aromatic rings. The van der Waals surface area contributed by atoms with E-state index in [2.05, 4.69) is 15.5 Å². The van der Waals surface area contributed by atoms with E-state index < -0.39 is 0 Å². The Kier molecular flexibility index (Phi) is 6.42. The predicted octanol–water partition coefficient (Wildman–Crippen LogP) is 0.587. The maximum Gasteiger partial charge on any atom is 0.236 e. The van der Waals surface area contributed by atoms with Crippen molar-refractivity contribution in [3.8, 4) is 0 Å². The minimum absolute atomic E-state index is 0.0880. The Morgan fingerprint density at radius 1 is 1.31 bits per heavy atom. The van der Waals surface area contributed by atoms with Crippen molar-refractivity contribution in [1.29, 1.82) is 0 Å². The van der Waals surface area contributed by atoms with Crippen molar-refractivity contribution < 1.29 is 4.79 Å². The van der Waals surface area contributed by atoms with Crippen LogP contribution in [0.4, 0.5) is 0 Å². The molecule has 0 bridgehead atoms.